The highest BCUT2D eigenvalue weighted by atomic mass is 19.4. The first-order valence-electron chi connectivity index (χ1n) is 16.8. The molecule has 0 aliphatic carbocycles. The fraction of sp³-hybridized carbons (Fsp3) is 0.459. The number of carbonyl (C=O) groups excluding carboxylic acids is 2. The van der Waals surface area contributed by atoms with Crippen molar-refractivity contribution < 1.29 is 41.7 Å². The van der Waals surface area contributed by atoms with Gasteiger partial charge >= 0.3 is 12.2 Å². The Hall–Kier alpha value is -4.20. The maximum atomic E-state index is 14.3. The van der Waals surface area contributed by atoms with Gasteiger partial charge in [-0.05, 0) is 100 Å². The van der Waals surface area contributed by atoms with E-state index in [1.807, 2.05) is 25.8 Å². The lowest BCUT2D eigenvalue weighted by Crippen LogP contribution is -2.47. The molecule has 0 radical (unpaired) electrons. The summed E-state index contributed by atoms with van der Waals surface area (Å²) in [6.45, 7) is 6.85. The summed E-state index contributed by atoms with van der Waals surface area (Å²) in [6, 6.07) is 14.0. The lowest BCUT2D eigenvalue weighted by molar-refractivity contribution is -0.137. The number of nitrogens with one attached hydrogen (secondary N) is 2. The minimum atomic E-state index is -4.41. The molecule has 3 aromatic carbocycles. The number of anilines is 2. The second-order valence-corrected chi connectivity index (χ2v) is 13.0. The average Bonchev–Trinajstić information content (AvgIpc) is 3.07. The highest BCUT2D eigenvalue weighted by molar-refractivity contribution is 6.02. The number of urea groups is 1. The van der Waals surface area contributed by atoms with Crippen molar-refractivity contribution in [3.8, 4) is 5.75 Å². The predicted molar refractivity (Wildman–Crippen MR) is 184 cm³/mol. The number of likely N-dealkylation sites (N-methyl/N-ethyl adjacent to an activating group) is 1. The molecule has 1 aliphatic rings. The number of aliphatic hydroxyl groups is 1. The van der Waals surface area contributed by atoms with Crippen LogP contribution in [0.1, 0.15) is 61.5 Å². The Bertz CT molecular complexity index is 1550. The SMILES string of the molecule is C[C@@H]1CCCCO[C@@H](CN(C)Cc2ccc(C(F)(F)F)cc2)[C@@H](C)CN([C@H](C)CO)C(=O)c2cc(NC(=O)Nc3ccc(F)cc3)ccc2O1. The summed E-state index contributed by atoms with van der Waals surface area (Å²) in [4.78, 5) is 30.6. The van der Waals surface area contributed by atoms with Crippen LogP contribution in [0.4, 0.5) is 33.7 Å². The third-order valence-electron chi connectivity index (χ3n) is 8.64. The predicted octanol–water partition coefficient (Wildman–Crippen LogP) is 7.42. The molecule has 3 amide bonds. The smallest absolute Gasteiger partial charge is 0.416 e. The van der Waals surface area contributed by atoms with Crippen molar-refractivity contribution in [1.82, 2.24) is 9.80 Å². The number of hydrogen-bond acceptors (Lipinski definition) is 6. The van der Waals surface area contributed by atoms with Crippen LogP contribution in [0.25, 0.3) is 0 Å². The molecule has 4 rings (SSSR count). The van der Waals surface area contributed by atoms with E-state index in [1.54, 1.807) is 24.0 Å². The molecule has 3 N–H and O–H groups in total. The van der Waals surface area contributed by atoms with E-state index in [9.17, 15) is 32.3 Å². The van der Waals surface area contributed by atoms with Gasteiger partial charge in [0.05, 0.1) is 36.0 Å². The topological polar surface area (TPSA) is 103 Å². The number of benzene rings is 3. The molecule has 1 aliphatic heterocycles. The number of alkyl halides is 3. The Morgan fingerprint density at radius 1 is 1.02 bits per heavy atom. The number of aliphatic hydroxyl groups excluding tert-OH is 1. The molecule has 0 unspecified atom stereocenters. The van der Waals surface area contributed by atoms with Gasteiger partial charge in [-0.2, -0.15) is 13.2 Å². The minimum Gasteiger partial charge on any atom is -0.490 e. The first-order valence-corrected chi connectivity index (χ1v) is 16.8. The lowest BCUT2D eigenvalue weighted by atomic mass is 10.0. The standard InChI is InChI=1S/C37H46F4N4O5/c1-24-20-45(25(2)23-46)35(47)32-19-31(43-36(48)42-30-14-12-29(38)13-15-30)16-17-33(32)50-26(3)7-5-6-18-49-34(24)22-44(4)21-27-8-10-28(11-9-27)37(39,40)41/h8-17,19,24-26,34,46H,5-7,18,20-23H2,1-4H3,(H2,42,43,48)/t24-,25+,26+,34-/m0/s1. The van der Waals surface area contributed by atoms with Crippen LogP contribution in [0.15, 0.2) is 66.7 Å². The minimum absolute atomic E-state index is 0.206. The Kier molecular flexibility index (Phi) is 13.6. The Labute approximate surface area is 290 Å². The van der Waals surface area contributed by atoms with Crippen molar-refractivity contribution in [2.75, 3.05) is 44.0 Å². The van der Waals surface area contributed by atoms with Crippen LogP contribution in [-0.4, -0.2) is 78.4 Å². The van der Waals surface area contributed by atoms with E-state index in [0.29, 0.717) is 43.2 Å². The first-order chi connectivity index (χ1) is 23.7. The maximum Gasteiger partial charge on any atom is 0.416 e. The number of nitrogens with zero attached hydrogens (tertiary/aromatic N) is 2. The highest BCUT2D eigenvalue weighted by Crippen LogP contribution is 2.30. The van der Waals surface area contributed by atoms with E-state index in [2.05, 4.69) is 10.6 Å². The van der Waals surface area contributed by atoms with Gasteiger partial charge < -0.3 is 30.1 Å². The quantitative estimate of drug-likeness (QED) is 0.211. The molecule has 0 spiro atoms. The molecule has 0 aromatic heterocycles. The van der Waals surface area contributed by atoms with E-state index >= 15 is 0 Å². The Morgan fingerprint density at radius 2 is 1.68 bits per heavy atom. The molecular weight excluding hydrogens is 656 g/mol. The van der Waals surface area contributed by atoms with Gasteiger partial charge in [-0.25, -0.2) is 9.18 Å². The molecule has 3 aromatic rings. The number of fused-ring (bicyclic) bond motifs is 1. The van der Waals surface area contributed by atoms with Gasteiger partial charge in [0.2, 0.25) is 0 Å². The molecule has 0 fully saturated rings. The van der Waals surface area contributed by atoms with Crippen LogP contribution in [0.2, 0.25) is 0 Å². The number of amides is 3. The highest BCUT2D eigenvalue weighted by Gasteiger charge is 2.32. The Balaban J connectivity index is 1.56. The summed E-state index contributed by atoms with van der Waals surface area (Å²) in [5, 5.41) is 15.6. The van der Waals surface area contributed by atoms with Crippen molar-refractivity contribution in [2.45, 2.75) is 71.0 Å². The van der Waals surface area contributed by atoms with Crippen molar-refractivity contribution >= 4 is 23.3 Å². The van der Waals surface area contributed by atoms with E-state index < -0.39 is 35.5 Å². The second-order valence-electron chi connectivity index (χ2n) is 13.0. The van der Waals surface area contributed by atoms with Crippen LogP contribution < -0.4 is 15.4 Å². The van der Waals surface area contributed by atoms with Gasteiger partial charge in [-0.3, -0.25) is 9.69 Å². The number of hydrogen-bond donors (Lipinski definition) is 3. The lowest BCUT2D eigenvalue weighted by Gasteiger charge is -2.36. The van der Waals surface area contributed by atoms with Crippen LogP contribution in [-0.2, 0) is 17.5 Å². The number of rotatable bonds is 8. The monoisotopic (exact) mass is 702 g/mol. The molecule has 272 valence electrons. The molecule has 13 heteroatoms. The fourth-order valence-electron chi connectivity index (χ4n) is 5.77. The number of carbonyl (C=O) groups is 2. The number of ether oxygens (including phenoxy) is 2. The van der Waals surface area contributed by atoms with Gasteiger partial charge in [0, 0.05) is 43.5 Å². The van der Waals surface area contributed by atoms with E-state index in [4.69, 9.17) is 9.47 Å². The molecular formula is C37H46F4N4O5. The van der Waals surface area contributed by atoms with Gasteiger partial charge in [-0.15, -0.1) is 0 Å². The van der Waals surface area contributed by atoms with Crippen LogP contribution >= 0.6 is 0 Å². The van der Waals surface area contributed by atoms with Crippen molar-refractivity contribution in [1.29, 1.82) is 0 Å². The summed E-state index contributed by atoms with van der Waals surface area (Å²) in [7, 11) is 1.87. The summed E-state index contributed by atoms with van der Waals surface area (Å²) in [5.41, 5.74) is 0.935. The summed E-state index contributed by atoms with van der Waals surface area (Å²) in [6.07, 6.45) is -2.70. The van der Waals surface area contributed by atoms with Gasteiger partial charge in [0.15, 0.2) is 0 Å². The summed E-state index contributed by atoms with van der Waals surface area (Å²) in [5.74, 6) is -0.709. The molecule has 9 nitrogen and oxygen atoms in total. The van der Waals surface area contributed by atoms with Crippen molar-refractivity contribution in [3.63, 3.8) is 0 Å². The van der Waals surface area contributed by atoms with E-state index in [1.165, 1.54) is 42.5 Å². The van der Waals surface area contributed by atoms with E-state index in [-0.39, 0.29) is 36.8 Å². The number of halogens is 4. The molecule has 1 heterocycles. The summed E-state index contributed by atoms with van der Waals surface area (Å²) < 4.78 is 65.1. The Morgan fingerprint density at radius 3 is 2.34 bits per heavy atom. The zero-order valence-electron chi connectivity index (χ0n) is 28.8. The molecule has 0 saturated heterocycles. The second kappa shape index (κ2) is 17.6. The average molecular weight is 703 g/mol. The largest absolute Gasteiger partial charge is 0.490 e. The van der Waals surface area contributed by atoms with Crippen molar-refractivity contribution in [2.24, 2.45) is 5.92 Å². The fourth-order valence-corrected chi connectivity index (χ4v) is 5.77. The van der Waals surface area contributed by atoms with Crippen LogP contribution in [0.3, 0.4) is 0 Å². The molecule has 0 saturated carbocycles. The first kappa shape index (κ1) is 38.6. The molecule has 0 bridgehead atoms. The zero-order chi connectivity index (χ0) is 36.4. The third kappa shape index (κ3) is 11.2. The molecule has 50 heavy (non-hydrogen) atoms. The summed E-state index contributed by atoms with van der Waals surface area (Å²) >= 11 is 0. The van der Waals surface area contributed by atoms with Crippen molar-refractivity contribution in [3.05, 3.63) is 89.2 Å². The zero-order valence-corrected chi connectivity index (χ0v) is 28.8. The van der Waals surface area contributed by atoms with Gasteiger partial charge in [0.1, 0.15) is 11.6 Å². The van der Waals surface area contributed by atoms with Crippen LogP contribution in [0.5, 0.6) is 5.75 Å². The third-order valence-corrected chi connectivity index (χ3v) is 8.64. The molecule has 4 atom stereocenters. The van der Waals surface area contributed by atoms with Gasteiger partial charge in [0.25, 0.3) is 5.91 Å². The normalized spacial score (nSPS) is 20.0. The maximum absolute atomic E-state index is 14.3. The van der Waals surface area contributed by atoms with Crippen LogP contribution in [0, 0.1) is 11.7 Å². The van der Waals surface area contributed by atoms with E-state index in [0.717, 1.165) is 30.5 Å². The van der Waals surface area contributed by atoms with Gasteiger partial charge in [-0.1, -0.05) is 19.1 Å².